The van der Waals surface area contributed by atoms with Gasteiger partial charge in [-0.1, -0.05) is 18.5 Å². The Morgan fingerprint density at radius 2 is 2.10 bits per heavy atom. The smallest absolute Gasteiger partial charge is 0.304 e. The lowest BCUT2D eigenvalue weighted by molar-refractivity contribution is -0.384. The number of nitro benzene ring substituents is 1. The van der Waals surface area contributed by atoms with Gasteiger partial charge in [-0.15, -0.1) is 0 Å². The number of halogens is 1. The van der Waals surface area contributed by atoms with Gasteiger partial charge in [-0.05, 0) is 6.07 Å². The van der Waals surface area contributed by atoms with Crippen LogP contribution in [0.15, 0.2) is 23.1 Å². The Morgan fingerprint density at radius 3 is 2.52 bits per heavy atom. The molecule has 10 heteroatoms. The SMILES string of the molecule is CCN(CCC(=O)O)S(=O)(=O)c1ccc([N+](=O)[O-])cc1Cl. The molecule has 0 atom stereocenters. The van der Waals surface area contributed by atoms with Crippen molar-refractivity contribution < 1.29 is 23.2 Å². The largest absolute Gasteiger partial charge is 0.481 e. The number of carbonyl (C=O) groups is 1. The second-order valence-electron chi connectivity index (χ2n) is 4.01. The normalized spacial score (nSPS) is 11.6. The fraction of sp³-hybridized carbons (Fsp3) is 0.364. The van der Waals surface area contributed by atoms with E-state index in [1.165, 1.54) is 0 Å². The summed E-state index contributed by atoms with van der Waals surface area (Å²) in [6.07, 6.45) is -0.350. The summed E-state index contributed by atoms with van der Waals surface area (Å²) in [6, 6.07) is 3.02. The number of benzene rings is 1. The second-order valence-corrected chi connectivity index (χ2v) is 6.33. The van der Waals surface area contributed by atoms with Crippen molar-refractivity contribution in [3.63, 3.8) is 0 Å². The van der Waals surface area contributed by atoms with E-state index in [1.807, 2.05) is 0 Å². The van der Waals surface area contributed by atoms with E-state index in [4.69, 9.17) is 16.7 Å². The predicted octanol–water partition coefficient (Wildman–Crippen LogP) is 1.73. The fourth-order valence-electron chi connectivity index (χ4n) is 1.62. The lowest BCUT2D eigenvalue weighted by atomic mass is 10.3. The molecule has 0 bridgehead atoms. The van der Waals surface area contributed by atoms with Crippen LogP contribution in [0.3, 0.4) is 0 Å². The molecule has 21 heavy (non-hydrogen) atoms. The summed E-state index contributed by atoms with van der Waals surface area (Å²) in [4.78, 5) is 20.2. The molecule has 0 fully saturated rings. The summed E-state index contributed by atoms with van der Waals surface area (Å²) in [5.74, 6) is -1.13. The van der Waals surface area contributed by atoms with Crippen LogP contribution in [0.2, 0.25) is 5.02 Å². The first-order chi connectivity index (χ1) is 9.70. The molecule has 0 aromatic heterocycles. The van der Waals surface area contributed by atoms with Gasteiger partial charge in [0.1, 0.15) is 4.90 Å². The Hall–Kier alpha value is -1.71. The third-order valence-electron chi connectivity index (χ3n) is 2.67. The minimum Gasteiger partial charge on any atom is -0.481 e. The first kappa shape index (κ1) is 17.3. The van der Waals surface area contributed by atoms with Gasteiger partial charge in [0.2, 0.25) is 10.0 Å². The van der Waals surface area contributed by atoms with Crippen LogP contribution in [0.1, 0.15) is 13.3 Å². The summed E-state index contributed by atoms with van der Waals surface area (Å²) in [5, 5.41) is 18.9. The summed E-state index contributed by atoms with van der Waals surface area (Å²) in [5.41, 5.74) is -0.326. The van der Waals surface area contributed by atoms with E-state index >= 15 is 0 Å². The van der Waals surface area contributed by atoms with Crippen molar-refractivity contribution in [2.45, 2.75) is 18.2 Å². The molecular formula is C11H13ClN2O6S. The first-order valence-electron chi connectivity index (χ1n) is 5.86. The molecule has 0 aliphatic rings. The number of carboxylic acids is 1. The molecule has 1 N–H and O–H groups in total. The zero-order valence-corrected chi connectivity index (χ0v) is 12.6. The van der Waals surface area contributed by atoms with E-state index < -0.39 is 20.9 Å². The molecule has 0 amide bonds. The Morgan fingerprint density at radius 1 is 1.48 bits per heavy atom. The minimum absolute atomic E-state index is 0.0585. The van der Waals surface area contributed by atoms with E-state index in [-0.39, 0.29) is 35.1 Å². The van der Waals surface area contributed by atoms with E-state index in [2.05, 4.69) is 0 Å². The molecule has 8 nitrogen and oxygen atoms in total. The van der Waals surface area contributed by atoms with Crippen LogP contribution in [0.4, 0.5) is 5.69 Å². The average Bonchev–Trinajstić information content (AvgIpc) is 2.38. The predicted molar refractivity (Wildman–Crippen MR) is 74.8 cm³/mol. The number of carboxylic acid groups (broad SMARTS) is 1. The van der Waals surface area contributed by atoms with Crippen LogP contribution >= 0.6 is 11.6 Å². The van der Waals surface area contributed by atoms with Crippen LogP contribution < -0.4 is 0 Å². The number of nitrogens with zero attached hydrogens (tertiary/aromatic N) is 2. The monoisotopic (exact) mass is 336 g/mol. The Bertz CT molecular complexity index is 661. The molecule has 116 valence electrons. The highest BCUT2D eigenvalue weighted by Gasteiger charge is 2.27. The van der Waals surface area contributed by atoms with Crippen LogP contribution in [-0.4, -0.2) is 41.8 Å². The van der Waals surface area contributed by atoms with Gasteiger partial charge in [0.05, 0.1) is 16.4 Å². The van der Waals surface area contributed by atoms with E-state index in [1.54, 1.807) is 6.92 Å². The third kappa shape index (κ3) is 4.13. The van der Waals surface area contributed by atoms with Crippen molar-refractivity contribution in [1.29, 1.82) is 0 Å². The van der Waals surface area contributed by atoms with Crippen molar-refractivity contribution in [3.05, 3.63) is 33.3 Å². The number of hydrogen-bond donors (Lipinski definition) is 1. The van der Waals surface area contributed by atoms with Crippen molar-refractivity contribution in [2.24, 2.45) is 0 Å². The van der Waals surface area contributed by atoms with Crippen molar-refractivity contribution in [3.8, 4) is 0 Å². The molecule has 1 rings (SSSR count). The molecule has 1 aromatic rings. The molecule has 0 heterocycles. The average molecular weight is 337 g/mol. The number of non-ortho nitro benzene ring substituents is 1. The van der Waals surface area contributed by atoms with Crippen molar-refractivity contribution >= 4 is 33.3 Å². The van der Waals surface area contributed by atoms with Gasteiger partial charge in [-0.3, -0.25) is 14.9 Å². The number of hydrogen-bond acceptors (Lipinski definition) is 5. The maximum Gasteiger partial charge on any atom is 0.304 e. The van der Waals surface area contributed by atoms with Gasteiger partial charge in [0, 0.05) is 25.2 Å². The lowest BCUT2D eigenvalue weighted by Gasteiger charge is -2.20. The molecule has 0 unspecified atom stereocenters. The van der Waals surface area contributed by atoms with Crippen LogP contribution in [0, 0.1) is 10.1 Å². The van der Waals surface area contributed by atoms with Gasteiger partial charge < -0.3 is 5.11 Å². The van der Waals surface area contributed by atoms with Crippen LogP contribution in [-0.2, 0) is 14.8 Å². The van der Waals surface area contributed by atoms with Crippen molar-refractivity contribution in [1.82, 2.24) is 4.31 Å². The fourth-order valence-corrected chi connectivity index (χ4v) is 3.58. The van der Waals surface area contributed by atoms with E-state index in [0.29, 0.717) is 0 Å². The summed E-state index contributed by atoms with van der Waals surface area (Å²) < 4.78 is 25.7. The van der Waals surface area contributed by atoms with Gasteiger partial charge in [0.15, 0.2) is 0 Å². The summed E-state index contributed by atoms with van der Waals surface area (Å²) in [6.45, 7) is 1.41. The second kappa shape index (κ2) is 6.83. The highest BCUT2D eigenvalue weighted by atomic mass is 35.5. The molecule has 0 aliphatic carbocycles. The molecule has 0 aliphatic heterocycles. The number of aliphatic carboxylic acids is 1. The van der Waals surface area contributed by atoms with Gasteiger partial charge in [-0.2, -0.15) is 4.31 Å². The minimum atomic E-state index is -4.00. The molecule has 1 aromatic carbocycles. The van der Waals surface area contributed by atoms with Gasteiger partial charge in [-0.25, -0.2) is 8.42 Å². The molecule has 0 saturated heterocycles. The molecular weight excluding hydrogens is 324 g/mol. The quantitative estimate of drug-likeness (QED) is 0.598. The maximum atomic E-state index is 12.4. The van der Waals surface area contributed by atoms with Crippen LogP contribution in [0.5, 0.6) is 0 Å². The Balaban J connectivity index is 3.16. The zero-order valence-electron chi connectivity index (χ0n) is 11.0. The third-order valence-corrected chi connectivity index (χ3v) is 5.13. The zero-order chi connectivity index (χ0) is 16.2. The summed E-state index contributed by atoms with van der Waals surface area (Å²) in [7, 11) is -4.00. The first-order valence-corrected chi connectivity index (χ1v) is 7.67. The van der Waals surface area contributed by atoms with E-state index in [9.17, 15) is 23.3 Å². The lowest BCUT2D eigenvalue weighted by Crippen LogP contribution is -2.33. The van der Waals surface area contributed by atoms with Crippen LogP contribution in [0.25, 0.3) is 0 Å². The molecule has 0 saturated carbocycles. The topological polar surface area (TPSA) is 118 Å². The van der Waals surface area contributed by atoms with Gasteiger partial charge in [0.25, 0.3) is 5.69 Å². The Labute approximate surface area is 126 Å². The highest BCUT2D eigenvalue weighted by molar-refractivity contribution is 7.89. The standard InChI is InChI=1S/C11H13ClN2O6S/c1-2-13(6-5-11(15)16)21(19,20)10-4-3-8(14(17)18)7-9(10)12/h3-4,7H,2,5-6H2,1H3,(H,15,16). The maximum absolute atomic E-state index is 12.4. The number of nitro groups is 1. The molecule has 0 spiro atoms. The number of sulfonamides is 1. The highest BCUT2D eigenvalue weighted by Crippen LogP contribution is 2.28. The van der Waals surface area contributed by atoms with Crippen molar-refractivity contribution in [2.75, 3.05) is 13.1 Å². The van der Waals surface area contributed by atoms with Gasteiger partial charge >= 0.3 is 5.97 Å². The Kier molecular flexibility index (Phi) is 5.64. The molecule has 0 radical (unpaired) electrons. The summed E-state index contributed by atoms with van der Waals surface area (Å²) >= 11 is 5.80. The number of rotatable bonds is 7. The van der Waals surface area contributed by atoms with E-state index in [0.717, 1.165) is 22.5 Å².